The number of hydrogen-bond donors (Lipinski definition) is 2. The average Bonchev–Trinajstić information content (AvgIpc) is 2.55. The van der Waals surface area contributed by atoms with Crippen LogP contribution >= 0.6 is 0 Å². The van der Waals surface area contributed by atoms with Crippen LogP contribution in [0.1, 0.15) is 18.1 Å². The van der Waals surface area contributed by atoms with E-state index in [2.05, 4.69) is 40.5 Å². The Morgan fingerprint density at radius 2 is 1.74 bits per heavy atom. The Bertz CT molecular complexity index is 613. The van der Waals surface area contributed by atoms with Crippen molar-refractivity contribution in [2.45, 2.75) is 19.9 Å². The lowest BCUT2D eigenvalue weighted by atomic mass is 10.1. The number of nitrogens with two attached hydrogens (primary N) is 1. The summed E-state index contributed by atoms with van der Waals surface area (Å²) in [6, 6.07) is 18.4. The van der Waals surface area contributed by atoms with E-state index in [1.807, 2.05) is 24.3 Å². The van der Waals surface area contributed by atoms with E-state index in [0.717, 1.165) is 37.3 Å². The monoisotopic (exact) mass is 311 g/mol. The molecule has 0 saturated heterocycles. The predicted molar refractivity (Wildman–Crippen MR) is 95.2 cm³/mol. The zero-order chi connectivity index (χ0) is 16.5. The molecule has 1 amide bonds. The highest BCUT2D eigenvalue weighted by Gasteiger charge is 2.09. The minimum atomic E-state index is -0.0490. The Morgan fingerprint density at radius 1 is 1.04 bits per heavy atom. The van der Waals surface area contributed by atoms with Gasteiger partial charge in [-0.25, -0.2) is 0 Å². The summed E-state index contributed by atoms with van der Waals surface area (Å²) in [5.74, 6) is -0.0490. The number of benzene rings is 2. The third-order valence-corrected chi connectivity index (χ3v) is 3.73. The van der Waals surface area contributed by atoms with Gasteiger partial charge in [-0.15, -0.1) is 0 Å². The molecule has 0 bridgehead atoms. The number of carbonyl (C=O) groups excluding carboxylic acids is 1. The van der Waals surface area contributed by atoms with Crippen molar-refractivity contribution in [3.8, 4) is 0 Å². The van der Waals surface area contributed by atoms with Gasteiger partial charge in [-0.2, -0.15) is 0 Å². The fourth-order valence-electron chi connectivity index (χ4n) is 2.60. The predicted octanol–water partition coefficient (Wildman–Crippen LogP) is 2.65. The maximum atomic E-state index is 11.3. The number of rotatable bonds is 8. The normalized spacial score (nSPS) is 10.7. The summed E-state index contributed by atoms with van der Waals surface area (Å²) in [5, 5.41) is 2.90. The summed E-state index contributed by atoms with van der Waals surface area (Å²) in [6.07, 6.45) is 0.989. The van der Waals surface area contributed by atoms with Crippen LogP contribution in [0.4, 0.5) is 5.69 Å². The smallest absolute Gasteiger partial charge is 0.221 e. The van der Waals surface area contributed by atoms with Crippen molar-refractivity contribution >= 4 is 11.6 Å². The molecule has 4 heteroatoms. The first-order valence-electron chi connectivity index (χ1n) is 8.01. The van der Waals surface area contributed by atoms with Gasteiger partial charge in [-0.3, -0.25) is 9.69 Å². The van der Waals surface area contributed by atoms with Gasteiger partial charge < -0.3 is 11.1 Å². The van der Waals surface area contributed by atoms with Gasteiger partial charge >= 0.3 is 0 Å². The van der Waals surface area contributed by atoms with E-state index in [1.165, 1.54) is 12.5 Å². The van der Waals surface area contributed by atoms with Crippen molar-refractivity contribution in [1.29, 1.82) is 0 Å². The molecule has 0 aliphatic carbocycles. The molecule has 0 spiro atoms. The van der Waals surface area contributed by atoms with Crippen molar-refractivity contribution in [1.82, 2.24) is 4.90 Å². The van der Waals surface area contributed by atoms with Gasteiger partial charge in [0.2, 0.25) is 5.91 Å². The Balaban J connectivity index is 2.02. The van der Waals surface area contributed by atoms with Crippen molar-refractivity contribution in [2.24, 2.45) is 5.73 Å². The minimum Gasteiger partial charge on any atom is -0.329 e. The summed E-state index contributed by atoms with van der Waals surface area (Å²) >= 11 is 0. The van der Waals surface area contributed by atoms with E-state index in [0.29, 0.717) is 6.54 Å². The molecule has 3 N–H and O–H groups in total. The van der Waals surface area contributed by atoms with Crippen LogP contribution in [0.25, 0.3) is 0 Å². The lowest BCUT2D eigenvalue weighted by molar-refractivity contribution is -0.114. The molecule has 0 unspecified atom stereocenters. The number of anilines is 1. The average molecular weight is 311 g/mol. The van der Waals surface area contributed by atoms with Gasteiger partial charge in [0.05, 0.1) is 0 Å². The number of para-hydroxylation sites is 1. The van der Waals surface area contributed by atoms with Crippen molar-refractivity contribution < 1.29 is 4.79 Å². The van der Waals surface area contributed by atoms with Crippen molar-refractivity contribution in [3.05, 3.63) is 65.7 Å². The van der Waals surface area contributed by atoms with Crippen LogP contribution in [-0.4, -0.2) is 30.4 Å². The molecule has 0 radical (unpaired) electrons. The summed E-state index contributed by atoms with van der Waals surface area (Å²) < 4.78 is 0. The Labute approximate surface area is 138 Å². The molecule has 0 aliphatic rings. The molecule has 2 rings (SSSR count). The van der Waals surface area contributed by atoms with E-state index < -0.39 is 0 Å². The third kappa shape index (κ3) is 5.85. The first-order chi connectivity index (χ1) is 11.2. The molecular weight excluding hydrogens is 286 g/mol. The number of nitrogens with one attached hydrogen (secondary N) is 1. The first-order valence-corrected chi connectivity index (χ1v) is 8.01. The highest BCUT2D eigenvalue weighted by atomic mass is 16.1. The first kappa shape index (κ1) is 17.2. The molecule has 0 heterocycles. The van der Waals surface area contributed by atoms with Gasteiger partial charge in [0.25, 0.3) is 0 Å². The second kappa shape index (κ2) is 9.08. The quantitative estimate of drug-likeness (QED) is 0.788. The molecule has 2 aromatic carbocycles. The van der Waals surface area contributed by atoms with E-state index >= 15 is 0 Å². The maximum Gasteiger partial charge on any atom is 0.221 e. The van der Waals surface area contributed by atoms with Crippen LogP contribution < -0.4 is 11.1 Å². The largest absolute Gasteiger partial charge is 0.329 e. The van der Waals surface area contributed by atoms with Gasteiger partial charge in [0, 0.05) is 38.8 Å². The lowest BCUT2D eigenvalue weighted by Crippen LogP contribution is -2.31. The van der Waals surface area contributed by atoms with Gasteiger partial charge in [-0.05, 0) is 23.6 Å². The zero-order valence-electron chi connectivity index (χ0n) is 13.7. The number of amides is 1. The van der Waals surface area contributed by atoms with Gasteiger partial charge in [0.1, 0.15) is 0 Å². The molecular formula is C19H25N3O. The standard InChI is InChI=1S/C19H25N3O/c1-16(23)21-19-10-6-5-9-18(19)15-22(14-12-20)13-11-17-7-3-2-4-8-17/h2-10H,11-15,20H2,1H3,(H,21,23). The number of hydrogen-bond acceptors (Lipinski definition) is 3. The van der Waals surface area contributed by atoms with Crippen LogP contribution in [0.3, 0.4) is 0 Å². The summed E-state index contributed by atoms with van der Waals surface area (Å²) in [6.45, 7) is 4.71. The molecule has 0 aromatic heterocycles. The lowest BCUT2D eigenvalue weighted by Gasteiger charge is -2.23. The van der Waals surface area contributed by atoms with Crippen LogP contribution in [0.2, 0.25) is 0 Å². The summed E-state index contributed by atoms with van der Waals surface area (Å²) in [5.41, 5.74) is 9.07. The highest BCUT2D eigenvalue weighted by molar-refractivity contribution is 5.89. The Hall–Kier alpha value is -2.17. The second-order valence-corrected chi connectivity index (χ2v) is 5.64. The molecule has 23 heavy (non-hydrogen) atoms. The van der Waals surface area contributed by atoms with Crippen LogP contribution in [0.15, 0.2) is 54.6 Å². The molecule has 0 fully saturated rings. The molecule has 0 saturated carbocycles. The van der Waals surface area contributed by atoms with E-state index in [-0.39, 0.29) is 5.91 Å². The van der Waals surface area contributed by atoms with E-state index in [4.69, 9.17) is 5.73 Å². The number of carbonyl (C=O) groups is 1. The SMILES string of the molecule is CC(=O)Nc1ccccc1CN(CCN)CCc1ccccc1. The minimum absolute atomic E-state index is 0.0490. The van der Waals surface area contributed by atoms with Crippen molar-refractivity contribution in [2.75, 3.05) is 25.0 Å². The van der Waals surface area contributed by atoms with Crippen LogP contribution in [0.5, 0.6) is 0 Å². The van der Waals surface area contributed by atoms with Gasteiger partial charge in [0.15, 0.2) is 0 Å². The van der Waals surface area contributed by atoms with Gasteiger partial charge in [-0.1, -0.05) is 48.5 Å². The molecule has 2 aromatic rings. The molecule has 0 atom stereocenters. The van der Waals surface area contributed by atoms with E-state index in [1.54, 1.807) is 0 Å². The number of nitrogens with zero attached hydrogens (tertiary/aromatic N) is 1. The highest BCUT2D eigenvalue weighted by Crippen LogP contribution is 2.17. The fraction of sp³-hybridized carbons (Fsp3) is 0.316. The molecule has 0 aliphatic heterocycles. The van der Waals surface area contributed by atoms with E-state index in [9.17, 15) is 4.79 Å². The fourth-order valence-corrected chi connectivity index (χ4v) is 2.60. The topological polar surface area (TPSA) is 58.4 Å². The van der Waals surface area contributed by atoms with Crippen LogP contribution in [0, 0.1) is 0 Å². The second-order valence-electron chi connectivity index (χ2n) is 5.64. The molecule has 4 nitrogen and oxygen atoms in total. The zero-order valence-corrected chi connectivity index (χ0v) is 13.7. The molecule has 122 valence electrons. The summed E-state index contributed by atoms with van der Waals surface area (Å²) in [7, 11) is 0. The maximum absolute atomic E-state index is 11.3. The third-order valence-electron chi connectivity index (χ3n) is 3.73. The Morgan fingerprint density at radius 3 is 2.43 bits per heavy atom. The van der Waals surface area contributed by atoms with Crippen LogP contribution in [-0.2, 0) is 17.8 Å². The summed E-state index contributed by atoms with van der Waals surface area (Å²) in [4.78, 5) is 13.7. The Kier molecular flexibility index (Phi) is 6.78. The van der Waals surface area contributed by atoms with Crippen molar-refractivity contribution in [3.63, 3.8) is 0 Å².